The van der Waals surface area contributed by atoms with Gasteiger partial charge in [0.2, 0.25) is 0 Å². The summed E-state index contributed by atoms with van der Waals surface area (Å²) in [5.41, 5.74) is 0.480. The van der Waals surface area contributed by atoms with E-state index in [1.54, 1.807) is 24.3 Å². The van der Waals surface area contributed by atoms with E-state index >= 15 is 0 Å². The van der Waals surface area contributed by atoms with Gasteiger partial charge in [0.25, 0.3) is 11.9 Å². The third-order valence-corrected chi connectivity index (χ3v) is 4.26. The minimum absolute atomic E-state index is 0.101. The van der Waals surface area contributed by atoms with Gasteiger partial charge in [-0.1, -0.05) is 54.3 Å². The van der Waals surface area contributed by atoms with Gasteiger partial charge < -0.3 is 0 Å². The first-order valence-corrected chi connectivity index (χ1v) is 8.94. The molecule has 7 nitrogen and oxygen atoms in total. The predicted molar refractivity (Wildman–Crippen MR) is 105 cm³/mol. The third-order valence-electron chi connectivity index (χ3n) is 3.73. The minimum Gasteiger partial charge on any atom is -0.299 e. The molecule has 0 fully saturated rings. The van der Waals surface area contributed by atoms with Crippen LogP contribution in [0, 0.1) is 0 Å². The molecule has 0 aliphatic rings. The SMILES string of the molecule is CCCCn1nnc(NC(=S)NC(=O)c2cccc3c(Cl)cccc23)n1. The molecule has 3 rings (SSSR count). The number of nitrogens with zero attached hydrogens (tertiary/aromatic N) is 4. The van der Waals surface area contributed by atoms with Crippen LogP contribution in [0.1, 0.15) is 30.1 Å². The highest BCUT2D eigenvalue weighted by molar-refractivity contribution is 7.80. The van der Waals surface area contributed by atoms with Crippen molar-refractivity contribution >= 4 is 51.6 Å². The molecule has 1 aromatic heterocycles. The van der Waals surface area contributed by atoms with Gasteiger partial charge in [-0.25, -0.2) is 0 Å². The second kappa shape index (κ2) is 8.20. The maximum absolute atomic E-state index is 12.6. The maximum atomic E-state index is 12.6. The lowest BCUT2D eigenvalue weighted by Gasteiger charge is -2.09. The molecular formula is C17H17ClN6OS. The number of rotatable bonds is 5. The largest absolute Gasteiger partial charge is 0.299 e. The van der Waals surface area contributed by atoms with Crippen LogP contribution in [0.3, 0.4) is 0 Å². The molecule has 0 saturated carbocycles. The first kappa shape index (κ1) is 18.2. The Morgan fingerprint density at radius 1 is 1.23 bits per heavy atom. The van der Waals surface area contributed by atoms with E-state index in [-0.39, 0.29) is 17.0 Å². The van der Waals surface area contributed by atoms with Crippen LogP contribution in [0.2, 0.25) is 5.02 Å². The Labute approximate surface area is 160 Å². The van der Waals surface area contributed by atoms with E-state index in [0.717, 1.165) is 23.6 Å². The standard InChI is InChI=1S/C17H17ClN6OS/c1-2-3-10-24-22-16(21-23-24)20-17(26)19-15(25)13-8-4-7-12-11(13)6-5-9-14(12)18/h4-9H,2-3,10H2,1H3,(H2,19,20,22,25,26). The number of fused-ring (bicyclic) bond motifs is 1. The second-order valence-electron chi connectivity index (χ2n) is 5.61. The first-order valence-electron chi connectivity index (χ1n) is 8.16. The topological polar surface area (TPSA) is 84.7 Å². The number of halogens is 1. The number of unbranched alkanes of at least 4 members (excludes halogenated alkanes) is 1. The van der Waals surface area contributed by atoms with Crippen molar-refractivity contribution in [2.75, 3.05) is 5.32 Å². The highest BCUT2D eigenvalue weighted by Gasteiger charge is 2.13. The smallest absolute Gasteiger partial charge is 0.269 e. The summed E-state index contributed by atoms with van der Waals surface area (Å²) in [6, 6.07) is 10.8. The quantitative estimate of drug-likeness (QED) is 0.651. The molecule has 2 N–H and O–H groups in total. The minimum atomic E-state index is -0.339. The summed E-state index contributed by atoms with van der Waals surface area (Å²) in [6.07, 6.45) is 1.99. The van der Waals surface area contributed by atoms with Crippen molar-refractivity contribution in [2.45, 2.75) is 26.3 Å². The molecule has 0 atom stereocenters. The molecule has 0 unspecified atom stereocenters. The molecule has 0 aliphatic carbocycles. The number of benzene rings is 2. The average Bonchev–Trinajstić information content (AvgIpc) is 3.07. The Hall–Kier alpha value is -2.58. The summed E-state index contributed by atoms with van der Waals surface area (Å²) < 4.78 is 0. The molecule has 0 bridgehead atoms. The molecule has 134 valence electrons. The van der Waals surface area contributed by atoms with E-state index in [4.69, 9.17) is 23.8 Å². The van der Waals surface area contributed by atoms with Gasteiger partial charge in [-0.15, -0.1) is 5.10 Å². The number of amides is 1. The van der Waals surface area contributed by atoms with E-state index < -0.39 is 0 Å². The van der Waals surface area contributed by atoms with Crippen molar-refractivity contribution in [3.05, 3.63) is 47.0 Å². The molecule has 1 heterocycles. The van der Waals surface area contributed by atoms with E-state index in [1.165, 1.54) is 4.80 Å². The zero-order valence-electron chi connectivity index (χ0n) is 14.1. The Morgan fingerprint density at radius 3 is 2.81 bits per heavy atom. The average molecular weight is 389 g/mol. The van der Waals surface area contributed by atoms with Crippen molar-refractivity contribution in [1.82, 2.24) is 25.5 Å². The van der Waals surface area contributed by atoms with Gasteiger partial charge in [-0.3, -0.25) is 15.4 Å². The molecule has 0 radical (unpaired) electrons. The number of carbonyl (C=O) groups excluding carboxylic acids is 1. The molecule has 9 heteroatoms. The molecule has 26 heavy (non-hydrogen) atoms. The molecule has 0 saturated heterocycles. The maximum Gasteiger partial charge on any atom is 0.269 e. The van der Waals surface area contributed by atoms with E-state index in [0.29, 0.717) is 17.1 Å². The summed E-state index contributed by atoms with van der Waals surface area (Å²) >= 11 is 11.4. The highest BCUT2D eigenvalue weighted by atomic mass is 35.5. The van der Waals surface area contributed by atoms with E-state index in [9.17, 15) is 4.79 Å². The third kappa shape index (κ3) is 4.14. The lowest BCUT2D eigenvalue weighted by atomic mass is 10.0. The van der Waals surface area contributed by atoms with Crippen LogP contribution >= 0.6 is 23.8 Å². The Morgan fingerprint density at radius 2 is 2.00 bits per heavy atom. The van der Waals surface area contributed by atoms with Gasteiger partial charge in [0.05, 0.1) is 6.54 Å². The fourth-order valence-corrected chi connectivity index (χ4v) is 2.88. The van der Waals surface area contributed by atoms with Crippen LogP contribution in [0.15, 0.2) is 36.4 Å². The van der Waals surface area contributed by atoms with Crippen molar-refractivity contribution in [2.24, 2.45) is 0 Å². The fraction of sp³-hybridized carbons (Fsp3) is 0.235. The number of hydrogen-bond donors (Lipinski definition) is 2. The van der Waals surface area contributed by atoms with Crippen molar-refractivity contribution in [3.8, 4) is 0 Å². The van der Waals surface area contributed by atoms with E-state index in [2.05, 4.69) is 33.0 Å². The van der Waals surface area contributed by atoms with Gasteiger partial charge in [-0.05, 0) is 41.4 Å². The van der Waals surface area contributed by atoms with Gasteiger partial charge in [0.1, 0.15) is 0 Å². The van der Waals surface area contributed by atoms with Gasteiger partial charge in [0.15, 0.2) is 5.11 Å². The Kier molecular flexibility index (Phi) is 5.75. The monoisotopic (exact) mass is 388 g/mol. The van der Waals surface area contributed by atoms with Crippen LogP contribution < -0.4 is 10.6 Å². The molecule has 0 aliphatic heterocycles. The zero-order chi connectivity index (χ0) is 18.5. The van der Waals surface area contributed by atoms with Crippen LogP contribution in [0.25, 0.3) is 10.8 Å². The van der Waals surface area contributed by atoms with Crippen LogP contribution in [0.4, 0.5) is 5.95 Å². The number of aryl methyl sites for hydroxylation is 1. The Bertz CT molecular complexity index is 957. The summed E-state index contributed by atoms with van der Waals surface area (Å²) in [5.74, 6) is -0.0962. The number of anilines is 1. The summed E-state index contributed by atoms with van der Waals surface area (Å²) in [5, 5.41) is 19.6. The fourth-order valence-electron chi connectivity index (χ4n) is 2.46. The number of hydrogen-bond acceptors (Lipinski definition) is 5. The van der Waals surface area contributed by atoms with Crippen LogP contribution in [-0.4, -0.2) is 31.2 Å². The molecule has 0 spiro atoms. The Balaban J connectivity index is 1.69. The number of thiocarbonyl (C=S) groups is 1. The van der Waals surface area contributed by atoms with Crippen molar-refractivity contribution in [1.29, 1.82) is 0 Å². The molecule has 3 aromatic rings. The normalized spacial score (nSPS) is 10.7. The number of carbonyl (C=O) groups is 1. The number of nitrogens with one attached hydrogen (secondary N) is 2. The van der Waals surface area contributed by atoms with Crippen LogP contribution in [0.5, 0.6) is 0 Å². The predicted octanol–water partition coefficient (Wildman–Crippen LogP) is 3.41. The van der Waals surface area contributed by atoms with Gasteiger partial charge in [-0.2, -0.15) is 4.80 Å². The van der Waals surface area contributed by atoms with E-state index in [1.807, 2.05) is 12.1 Å². The number of tetrazole rings is 1. The summed E-state index contributed by atoms with van der Waals surface area (Å²) in [6.45, 7) is 2.77. The summed E-state index contributed by atoms with van der Waals surface area (Å²) in [4.78, 5) is 14.1. The molecule has 1 amide bonds. The zero-order valence-corrected chi connectivity index (χ0v) is 15.6. The van der Waals surface area contributed by atoms with Crippen LogP contribution in [-0.2, 0) is 6.54 Å². The van der Waals surface area contributed by atoms with Crippen molar-refractivity contribution < 1.29 is 4.79 Å². The lowest BCUT2D eigenvalue weighted by molar-refractivity contribution is 0.0979. The van der Waals surface area contributed by atoms with Crippen molar-refractivity contribution in [3.63, 3.8) is 0 Å². The second-order valence-corrected chi connectivity index (χ2v) is 6.43. The first-order chi connectivity index (χ1) is 12.6. The van der Waals surface area contributed by atoms with Gasteiger partial charge >= 0.3 is 0 Å². The van der Waals surface area contributed by atoms with Gasteiger partial charge in [0, 0.05) is 16.0 Å². The molecule has 2 aromatic carbocycles. The molecular weight excluding hydrogens is 372 g/mol. The highest BCUT2D eigenvalue weighted by Crippen LogP contribution is 2.25. The summed E-state index contributed by atoms with van der Waals surface area (Å²) in [7, 11) is 0. The number of aromatic nitrogens is 4. The lowest BCUT2D eigenvalue weighted by Crippen LogP contribution is -2.34.